The van der Waals surface area contributed by atoms with E-state index in [1.165, 1.54) is 0 Å². The summed E-state index contributed by atoms with van der Waals surface area (Å²) in [6.45, 7) is 3.47. The Hall–Kier alpha value is -2.76. The lowest BCUT2D eigenvalue weighted by Crippen LogP contribution is -2.15. The van der Waals surface area contributed by atoms with Crippen LogP contribution in [0.4, 0.5) is 0 Å². The Morgan fingerprint density at radius 3 is 2.41 bits per heavy atom. The summed E-state index contributed by atoms with van der Waals surface area (Å²) in [5.74, 6) is -2.50. The maximum atomic E-state index is 12.2. The first-order valence-electron chi connectivity index (χ1n) is 6.94. The number of aromatic amines is 1. The number of aliphatic hydroxyl groups excluding tert-OH is 1. The normalized spacial score (nSPS) is 11.9. The molecule has 1 aromatic heterocycles. The molecule has 1 aromatic carbocycles. The Morgan fingerprint density at radius 2 is 1.73 bits per heavy atom. The molecule has 6 nitrogen and oxygen atoms in total. The Bertz CT molecular complexity index is 729. The molecule has 22 heavy (non-hydrogen) atoms. The number of carbonyl (C=O) groups is 2. The molecule has 6 heteroatoms. The van der Waals surface area contributed by atoms with Gasteiger partial charge in [0.1, 0.15) is 5.57 Å². The number of nitrogens with one attached hydrogen (secondary N) is 1. The van der Waals surface area contributed by atoms with Crippen molar-refractivity contribution < 1.29 is 24.2 Å². The van der Waals surface area contributed by atoms with E-state index in [0.29, 0.717) is 10.9 Å². The van der Waals surface area contributed by atoms with Gasteiger partial charge in [-0.3, -0.25) is 0 Å². The highest BCUT2D eigenvalue weighted by molar-refractivity contribution is 6.24. The summed E-state index contributed by atoms with van der Waals surface area (Å²) in [6.07, 6.45) is 1.55. The van der Waals surface area contributed by atoms with E-state index in [4.69, 9.17) is 9.47 Å². The van der Waals surface area contributed by atoms with Crippen molar-refractivity contribution in [3.63, 3.8) is 0 Å². The lowest BCUT2D eigenvalue weighted by Gasteiger charge is -2.09. The lowest BCUT2D eigenvalue weighted by molar-refractivity contribution is -0.142. The number of aliphatic hydroxyl groups is 1. The first kappa shape index (κ1) is 15.6. The number of aromatic nitrogens is 1. The minimum Gasteiger partial charge on any atom is -0.501 e. The standard InChI is InChI=1S/C16H17NO5/c1-3-21-15(19)13(14(18)16(20)22-4-2)11-9-17-12-8-6-5-7-10(11)12/h5-9,17-18H,3-4H2,1-2H3/b14-13+. The van der Waals surface area contributed by atoms with Crippen molar-refractivity contribution in [3.05, 3.63) is 41.8 Å². The molecule has 0 aliphatic heterocycles. The number of esters is 2. The second-order valence-electron chi connectivity index (χ2n) is 4.41. The quantitative estimate of drug-likeness (QED) is 0.503. The monoisotopic (exact) mass is 303 g/mol. The van der Waals surface area contributed by atoms with E-state index in [1.54, 1.807) is 32.2 Å². The number of para-hydroxylation sites is 1. The molecule has 0 fully saturated rings. The summed E-state index contributed by atoms with van der Waals surface area (Å²) < 4.78 is 9.71. The fraction of sp³-hybridized carbons (Fsp3) is 0.250. The van der Waals surface area contributed by atoms with E-state index in [2.05, 4.69) is 4.98 Å². The van der Waals surface area contributed by atoms with Crippen molar-refractivity contribution in [2.75, 3.05) is 13.2 Å². The van der Waals surface area contributed by atoms with Gasteiger partial charge >= 0.3 is 11.9 Å². The van der Waals surface area contributed by atoms with Crippen molar-refractivity contribution in [1.29, 1.82) is 0 Å². The highest BCUT2D eigenvalue weighted by atomic mass is 16.5. The highest BCUT2D eigenvalue weighted by Gasteiger charge is 2.26. The topological polar surface area (TPSA) is 88.6 Å². The van der Waals surface area contributed by atoms with Gasteiger partial charge < -0.3 is 19.6 Å². The summed E-state index contributed by atoms with van der Waals surface area (Å²) in [4.78, 5) is 26.9. The zero-order chi connectivity index (χ0) is 16.1. The molecule has 0 bridgehead atoms. The smallest absolute Gasteiger partial charge is 0.374 e. The second kappa shape index (κ2) is 6.80. The van der Waals surface area contributed by atoms with Gasteiger partial charge in [-0.15, -0.1) is 0 Å². The number of benzene rings is 1. The van der Waals surface area contributed by atoms with Crippen LogP contribution in [0.25, 0.3) is 16.5 Å². The van der Waals surface area contributed by atoms with Crippen LogP contribution in [0, 0.1) is 0 Å². The Kier molecular flexibility index (Phi) is 4.83. The molecule has 2 N–H and O–H groups in total. The van der Waals surface area contributed by atoms with Gasteiger partial charge in [-0.05, 0) is 19.9 Å². The van der Waals surface area contributed by atoms with Crippen LogP contribution >= 0.6 is 0 Å². The number of H-pyrrole nitrogens is 1. The van der Waals surface area contributed by atoms with Crippen LogP contribution in [0.15, 0.2) is 36.2 Å². The third-order valence-electron chi connectivity index (χ3n) is 3.04. The van der Waals surface area contributed by atoms with E-state index in [0.717, 1.165) is 5.52 Å². The maximum absolute atomic E-state index is 12.2. The van der Waals surface area contributed by atoms with Gasteiger partial charge in [-0.1, -0.05) is 18.2 Å². The molecule has 0 spiro atoms. The third kappa shape index (κ3) is 2.95. The number of carbonyl (C=O) groups excluding carboxylic acids is 2. The Labute approximate surface area is 127 Å². The molecule has 2 rings (SSSR count). The van der Waals surface area contributed by atoms with Crippen LogP contribution in [0.5, 0.6) is 0 Å². The number of fused-ring (bicyclic) bond motifs is 1. The average molecular weight is 303 g/mol. The SMILES string of the molecule is CCOC(=O)/C(O)=C(\C(=O)OCC)c1c[nH]c2ccccc12. The van der Waals surface area contributed by atoms with Crippen LogP contribution in [-0.2, 0) is 19.1 Å². The predicted octanol–water partition coefficient (Wildman–Crippen LogP) is 2.56. The van der Waals surface area contributed by atoms with Crippen LogP contribution in [0.2, 0.25) is 0 Å². The zero-order valence-electron chi connectivity index (χ0n) is 12.4. The average Bonchev–Trinajstić information content (AvgIpc) is 2.92. The maximum Gasteiger partial charge on any atom is 0.374 e. The fourth-order valence-electron chi connectivity index (χ4n) is 2.12. The first-order valence-corrected chi connectivity index (χ1v) is 6.94. The first-order chi connectivity index (χ1) is 10.6. The van der Waals surface area contributed by atoms with Crippen LogP contribution in [-0.4, -0.2) is 35.2 Å². The molecular weight excluding hydrogens is 286 g/mol. The molecular formula is C16H17NO5. The molecule has 116 valence electrons. The van der Waals surface area contributed by atoms with Crippen LogP contribution in [0.1, 0.15) is 19.4 Å². The molecule has 2 aromatic rings. The van der Waals surface area contributed by atoms with Gasteiger partial charge in [0.15, 0.2) is 0 Å². The van der Waals surface area contributed by atoms with Gasteiger partial charge in [-0.2, -0.15) is 0 Å². The summed E-state index contributed by atoms with van der Waals surface area (Å²) in [7, 11) is 0. The molecule has 0 unspecified atom stereocenters. The largest absolute Gasteiger partial charge is 0.501 e. The van der Waals surface area contributed by atoms with Crippen LogP contribution < -0.4 is 0 Å². The van der Waals surface area contributed by atoms with E-state index >= 15 is 0 Å². The molecule has 0 aliphatic carbocycles. The molecule has 0 saturated carbocycles. The van der Waals surface area contributed by atoms with Gasteiger partial charge in [0.25, 0.3) is 0 Å². The van der Waals surface area contributed by atoms with Gasteiger partial charge in [0, 0.05) is 22.7 Å². The Balaban J connectivity index is 2.61. The van der Waals surface area contributed by atoms with Crippen LogP contribution in [0.3, 0.4) is 0 Å². The summed E-state index contributed by atoms with van der Waals surface area (Å²) in [6, 6.07) is 7.23. The Morgan fingerprint density at radius 1 is 1.09 bits per heavy atom. The minimum absolute atomic E-state index is 0.0902. The lowest BCUT2D eigenvalue weighted by atomic mass is 10.0. The number of ether oxygens (including phenoxy) is 2. The highest BCUT2D eigenvalue weighted by Crippen LogP contribution is 2.28. The minimum atomic E-state index is -0.962. The van der Waals surface area contributed by atoms with Crippen molar-refractivity contribution in [1.82, 2.24) is 4.98 Å². The van der Waals surface area contributed by atoms with Gasteiger partial charge in [0.05, 0.1) is 13.2 Å². The van der Waals surface area contributed by atoms with Gasteiger partial charge in [0.2, 0.25) is 5.76 Å². The van der Waals surface area contributed by atoms with Crippen molar-refractivity contribution in [2.45, 2.75) is 13.8 Å². The molecule has 0 radical (unpaired) electrons. The van der Waals surface area contributed by atoms with E-state index < -0.39 is 17.7 Å². The second-order valence-corrected chi connectivity index (χ2v) is 4.41. The van der Waals surface area contributed by atoms with E-state index in [9.17, 15) is 14.7 Å². The predicted molar refractivity (Wildman–Crippen MR) is 81.1 cm³/mol. The van der Waals surface area contributed by atoms with Crippen molar-refractivity contribution in [2.24, 2.45) is 0 Å². The summed E-state index contributed by atoms with van der Waals surface area (Å²) >= 11 is 0. The van der Waals surface area contributed by atoms with Gasteiger partial charge in [-0.25, -0.2) is 9.59 Å². The number of hydrogen-bond donors (Lipinski definition) is 2. The molecule has 0 amide bonds. The zero-order valence-corrected chi connectivity index (χ0v) is 12.4. The van der Waals surface area contributed by atoms with Crippen molar-refractivity contribution in [3.8, 4) is 0 Å². The summed E-state index contributed by atoms with van der Waals surface area (Å²) in [5, 5.41) is 10.8. The van der Waals surface area contributed by atoms with E-state index in [-0.39, 0.29) is 18.8 Å². The molecule has 0 saturated heterocycles. The number of rotatable bonds is 5. The summed E-state index contributed by atoms with van der Waals surface area (Å²) in [5.41, 5.74) is 0.952. The van der Waals surface area contributed by atoms with E-state index in [1.807, 2.05) is 12.1 Å². The number of hydrogen-bond acceptors (Lipinski definition) is 5. The molecule has 0 atom stereocenters. The third-order valence-corrected chi connectivity index (χ3v) is 3.04. The fourth-order valence-corrected chi connectivity index (χ4v) is 2.12. The molecule has 0 aliphatic rings. The van der Waals surface area contributed by atoms with Crippen molar-refractivity contribution >= 4 is 28.4 Å². The molecule has 1 heterocycles.